The van der Waals surface area contributed by atoms with E-state index in [0.717, 1.165) is 0 Å². The van der Waals surface area contributed by atoms with Gasteiger partial charge in [-0.1, -0.05) is 0 Å². The van der Waals surface area contributed by atoms with E-state index in [2.05, 4.69) is 10.4 Å². The number of amides is 1. The molecule has 0 fully saturated rings. The number of nitrogens with two attached hydrogens (primary N) is 1. The average molecular weight is 234 g/mol. The third kappa shape index (κ3) is 2.25. The predicted octanol–water partition coefficient (Wildman–Crippen LogP) is 1.39. The molecule has 1 aromatic heterocycles. The van der Waals surface area contributed by atoms with Gasteiger partial charge in [-0.05, 0) is 24.3 Å². The van der Waals surface area contributed by atoms with Crippen LogP contribution < -0.4 is 11.1 Å². The van der Waals surface area contributed by atoms with Crippen molar-refractivity contribution in [3.05, 3.63) is 42.0 Å². The summed E-state index contributed by atoms with van der Waals surface area (Å²) in [6.45, 7) is 0. The molecule has 0 atom stereocenters. The van der Waals surface area contributed by atoms with E-state index in [1.54, 1.807) is 13.1 Å². The highest BCUT2D eigenvalue weighted by atomic mass is 19.1. The lowest BCUT2D eigenvalue weighted by molar-refractivity contribution is 0.101. The predicted molar refractivity (Wildman–Crippen MR) is 62.0 cm³/mol. The van der Waals surface area contributed by atoms with Gasteiger partial charge in [0.05, 0.1) is 5.69 Å². The number of rotatable bonds is 2. The second-order valence-corrected chi connectivity index (χ2v) is 3.53. The van der Waals surface area contributed by atoms with Crippen molar-refractivity contribution in [3.63, 3.8) is 0 Å². The maximum Gasteiger partial charge on any atom is 0.273 e. The van der Waals surface area contributed by atoms with Gasteiger partial charge in [0.25, 0.3) is 5.91 Å². The number of carbonyl (C=O) groups excluding carboxylic acids is 1. The first-order chi connectivity index (χ1) is 8.08. The summed E-state index contributed by atoms with van der Waals surface area (Å²) in [6.07, 6.45) is 1.51. The van der Waals surface area contributed by atoms with Crippen molar-refractivity contribution < 1.29 is 9.18 Å². The molecular weight excluding hydrogens is 223 g/mol. The average Bonchev–Trinajstić information content (AvgIpc) is 2.70. The zero-order valence-corrected chi connectivity index (χ0v) is 9.14. The molecule has 0 aliphatic carbocycles. The largest absolute Gasteiger partial charge is 0.396 e. The molecule has 0 saturated carbocycles. The van der Waals surface area contributed by atoms with Crippen LogP contribution in [0.15, 0.2) is 30.5 Å². The van der Waals surface area contributed by atoms with Crippen molar-refractivity contribution in [1.29, 1.82) is 0 Å². The quantitative estimate of drug-likeness (QED) is 0.771. The normalized spacial score (nSPS) is 10.2. The minimum absolute atomic E-state index is 0.0449. The molecule has 0 spiro atoms. The number of nitrogens with one attached hydrogen (secondary N) is 1. The van der Waals surface area contributed by atoms with Crippen LogP contribution in [0.2, 0.25) is 0 Å². The summed E-state index contributed by atoms with van der Waals surface area (Å²) in [5.41, 5.74) is 6.12. The number of hydrogen-bond acceptors (Lipinski definition) is 3. The highest BCUT2D eigenvalue weighted by Crippen LogP contribution is 2.16. The first-order valence-electron chi connectivity index (χ1n) is 4.92. The molecule has 0 saturated heterocycles. The summed E-state index contributed by atoms with van der Waals surface area (Å²) in [7, 11) is 1.65. The Bertz CT molecular complexity index is 564. The van der Waals surface area contributed by atoms with Crippen LogP contribution in [0.1, 0.15) is 10.5 Å². The molecular formula is C11H11FN4O. The number of aromatic nitrogens is 2. The third-order valence-electron chi connectivity index (χ3n) is 2.31. The Balaban J connectivity index is 2.19. The van der Waals surface area contributed by atoms with Gasteiger partial charge in [0, 0.05) is 18.9 Å². The number of benzene rings is 1. The standard InChI is InChI=1S/C11H11FN4O/c1-16-10(4-5-14-16)11(17)15-7-2-3-9(13)8(12)6-7/h2-6H,13H2,1H3,(H,15,17). The van der Waals surface area contributed by atoms with Crippen LogP contribution >= 0.6 is 0 Å². The SMILES string of the molecule is Cn1nccc1C(=O)Nc1ccc(N)c(F)c1. The minimum atomic E-state index is -0.562. The fraction of sp³-hybridized carbons (Fsp3) is 0.0909. The van der Waals surface area contributed by atoms with Gasteiger partial charge in [0.1, 0.15) is 11.5 Å². The van der Waals surface area contributed by atoms with Crippen molar-refractivity contribution in [2.24, 2.45) is 7.05 Å². The zero-order valence-electron chi connectivity index (χ0n) is 9.14. The molecule has 0 radical (unpaired) electrons. The molecule has 1 aromatic carbocycles. The Morgan fingerprint density at radius 3 is 2.82 bits per heavy atom. The first-order valence-corrected chi connectivity index (χ1v) is 4.92. The molecule has 1 heterocycles. The number of nitrogens with zero attached hydrogens (tertiary/aromatic N) is 2. The molecule has 88 valence electrons. The van der Waals surface area contributed by atoms with E-state index in [1.807, 2.05) is 0 Å². The molecule has 0 bridgehead atoms. The molecule has 2 aromatic rings. The second kappa shape index (κ2) is 4.25. The number of halogens is 1. The van der Waals surface area contributed by atoms with Crippen LogP contribution in [0.25, 0.3) is 0 Å². The summed E-state index contributed by atoms with van der Waals surface area (Å²) in [4.78, 5) is 11.8. The Hall–Kier alpha value is -2.37. The maximum absolute atomic E-state index is 13.2. The lowest BCUT2D eigenvalue weighted by Gasteiger charge is -2.06. The van der Waals surface area contributed by atoms with Crippen molar-refractivity contribution in [2.45, 2.75) is 0 Å². The molecule has 6 heteroatoms. The molecule has 0 aliphatic rings. The lowest BCUT2D eigenvalue weighted by Crippen LogP contribution is -2.16. The summed E-state index contributed by atoms with van der Waals surface area (Å²) >= 11 is 0. The van der Waals surface area contributed by atoms with E-state index in [-0.39, 0.29) is 11.6 Å². The summed E-state index contributed by atoms with van der Waals surface area (Å²) < 4.78 is 14.6. The van der Waals surface area contributed by atoms with Gasteiger partial charge in [-0.15, -0.1) is 0 Å². The van der Waals surface area contributed by atoms with Crippen LogP contribution in [-0.2, 0) is 7.05 Å². The Labute approximate surface area is 97.0 Å². The molecule has 3 N–H and O–H groups in total. The summed E-state index contributed by atoms with van der Waals surface area (Å²) in [5.74, 6) is -0.915. The van der Waals surface area contributed by atoms with Crippen molar-refractivity contribution in [2.75, 3.05) is 11.1 Å². The topological polar surface area (TPSA) is 72.9 Å². The van der Waals surface area contributed by atoms with E-state index in [4.69, 9.17) is 5.73 Å². The Kier molecular flexibility index (Phi) is 2.78. The van der Waals surface area contributed by atoms with Crippen LogP contribution in [0.4, 0.5) is 15.8 Å². The molecule has 0 aliphatic heterocycles. The van der Waals surface area contributed by atoms with Crippen molar-refractivity contribution >= 4 is 17.3 Å². The number of nitrogen functional groups attached to an aromatic ring is 1. The summed E-state index contributed by atoms with van der Waals surface area (Å²) in [6, 6.07) is 5.67. The van der Waals surface area contributed by atoms with Gasteiger partial charge in [0.2, 0.25) is 0 Å². The lowest BCUT2D eigenvalue weighted by atomic mass is 10.2. The minimum Gasteiger partial charge on any atom is -0.396 e. The number of hydrogen-bond donors (Lipinski definition) is 2. The second-order valence-electron chi connectivity index (χ2n) is 3.53. The van der Waals surface area contributed by atoms with E-state index in [0.29, 0.717) is 11.4 Å². The van der Waals surface area contributed by atoms with Crippen LogP contribution in [-0.4, -0.2) is 15.7 Å². The number of carbonyl (C=O) groups is 1. The monoisotopic (exact) mass is 234 g/mol. The van der Waals surface area contributed by atoms with Gasteiger partial charge in [0.15, 0.2) is 0 Å². The van der Waals surface area contributed by atoms with Gasteiger partial charge in [-0.25, -0.2) is 4.39 Å². The number of aryl methyl sites for hydroxylation is 1. The van der Waals surface area contributed by atoms with E-state index in [1.165, 1.54) is 29.1 Å². The molecule has 17 heavy (non-hydrogen) atoms. The Morgan fingerprint density at radius 2 is 2.24 bits per heavy atom. The van der Waals surface area contributed by atoms with Crippen molar-refractivity contribution in [3.8, 4) is 0 Å². The third-order valence-corrected chi connectivity index (χ3v) is 2.31. The molecule has 5 nitrogen and oxygen atoms in total. The van der Waals surface area contributed by atoms with E-state index in [9.17, 15) is 9.18 Å². The van der Waals surface area contributed by atoms with Gasteiger partial charge < -0.3 is 11.1 Å². The number of anilines is 2. The van der Waals surface area contributed by atoms with Crippen LogP contribution in [0.5, 0.6) is 0 Å². The van der Waals surface area contributed by atoms with E-state index < -0.39 is 5.82 Å². The zero-order chi connectivity index (χ0) is 12.4. The first kappa shape index (κ1) is 11.1. The fourth-order valence-electron chi connectivity index (χ4n) is 1.40. The van der Waals surface area contributed by atoms with Crippen LogP contribution in [0, 0.1) is 5.82 Å². The van der Waals surface area contributed by atoms with Gasteiger partial charge in [-0.2, -0.15) is 5.10 Å². The highest BCUT2D eigenvalue weighted by Gasteiger charge is 2.10. The van der Waals surface area contributed by atoms with Crippen LogP contribution in [0.3, 0.4) is 0 Å². The Morgan fingerprint density at radius 1 is 1.47 bits per heavy atom. The maximum atomic E-state index is 13.2. The van der Waals surface area contributed by atoms with Crippen molar-refractivity contribution in [1.82, 2.24) is 9.78 Å². The molecule has 0 unspecified atom stereocenters. The summed E-state index contributed by atoms with van der Waals surface area (Å²) in [5, 5.41) is 6.43. The molecule has 2 rings (SSSR count). The smallest absolute Gasteiger partial charge is 0.273 e. The highest BCUT2D eigenvalue weighted by molar-refractivity contribution is 6.03. The van der Waals surface area contributed by atoms with Gasteiger partial charge >= 0.3 is 0 Å². The molecule has 1 amide bonds. The van der Waals surface area contributed by atoms with Gasteiger partial charge in [-0.3, -0.25) is 9.48 Å². The fourth-order valence-corrected chi connectivity index (χ4v) is 1.40. The van der Waals surface area contributed by atoms with E-state index >= 15 is 0 Å².